The summed E-state index contributed by atoms with van der Waals surface area (Å²) in [7, 11) is 0. The minimum absolute atomic E-state index is 0.00806. The molecule has 1 heterocycles. The predicted molar refractivity (Wildman–Crippen MR) is 55.8 cm³/mol. The quantitative estimate of drug-likeness (QED) is 0.233. The van der Waals surface area contributed by atoms with Crippen LogP contribution in [0.15, 0.2) is 40.1 Å². The molecule has 7 heteroatoms. The average molecular weight is 219 g/mol. The first-order chi connectivity index (χ1) is 7.74. The molecule has 0 amide bonds. The molecule has 0 bridgehead atoms. The third-order valence-corrected chi connectivity index (χ3v) is 2.04. The van der Waals surface area contributed by atoms with Gasteiger partial charge in [0.2, 0.25) is 0 Å². The summed E-state index contributed by atoms with van der Waals surface area (Å²) in [6.45, 7) is 0. The molecular formula is C9H9N5O2. The van der Waals surface area contributed by atoms with Gasteiger partial charge in [-0.25, -0.2) is 0 Å². The number of aromatic nitrogens is 2. The van der Waals surface area contributed by atoms with Crippen molar-refractivity contribution in [1.29, 1.82) is 0 Å². The fourth-order valence-electron chi connectivity index (χ4n) is 1.31. The second-order valence-corrected chi connectivity index (χ2v) is 3.01. The number of nitrogens with two attached hydrogens (primary N) is 2. The van der Waals surface area contributed by atoms with Gasteiger partial charge in [-0.3, -0.25) is 4.63 Å². The molecular weight excluding hydrogens is 210 g/mol. The van der Waals surface area contributed by atoms with Crippen LogP contribution >= 0.6 is 0 Å². The number of hydrazone groups is 1. The monoisotopic (exact) mass is 219 g/mol. The number of nitrogens with zero attached hydrogens (tertiary/aromatic N) is 3. The third kappa shape index (κ3) is 1.54. The van der Waals surface area contributed by atoms with Crippen LogP contribution in [0.4, 0.5) is 0 Å². The molecule has 0 saturated heterocycles. The molecule has 0 spiro atoms. The second kappa shape index (κ2) is 3.89. The van der Waals surface area contributed by atoms with Crippen molar-refractivity contribution in [3.8, 4) is 11.3 Å². The maximum Gasteiger partial charge on any atom is 0.270 e. The van der Waals surface area contributed by atoms with Crippen LogP contribution in [0.3, 0.4) is 0 Å². The van der Waals surface area contributed by atoms with E-state index in [4.69, 9.17) is 11.6 Å². The van der Waals surface area contributed by atoms with Gasteiger partial charge in [0.05, 0.1) is 0 Å². The third-order valence-electron chi connectivity index (χ3n) is 2.04. The van der Waals surface area contributed by atoms with Crippen molar-refractivity contribution in [2.75, 3.05) is 0 Å². The number of hydrogen-bond acceptors (Lipinski definition) is 5. The van der Waals surface area contributed by atoms with Crippen LogP contribution in [0.2, 0.25) is 0 Å². The summed E-state index contributed by atoms with van der Waals surface area (Å²) in [5.74, 6) is 4.89. The zero-order valence-electron chi connectivity index (χ0n) is 8.20. The molecule has 0 atom stereocenters. The fourth-order valence-corrected chi connectivity index (χ4v) is 1.31. The number of benzene rings is 1. The Morgan fingerprint density at radius 3 is 2.69 bits per heavy atom. The SMILES string of the molecule is NN=C(N)c1c(-c2ccccc2)no[n+]1[O-]. The van der Waals surface area contributed by atoms with E-state index in [1.165, 1.54) is 0 Å². The number of amidine groups is 1. The maximum absolute atomic E-state index is 11.3. The Kier molecular flexibility index (Phi) is 2.42. The molecule has 82 valence electrons. The topological polar surface area (TPSA) is 117 Å². The minimum Gasteiger partial charge on any atom is -0.378 e. The fraction of sp³-hybridized carbons (Fsp3) is 0. The van der Waals surface area contributed by atoms with E-state index in [1.807, 2.05) is 6.07 Å². The Bertz CT molecular complexity index is 520. The van der Waals surface area contributed by atoms with Gasteiger partial charge in [-0.2, -0.15) is 5.10 Å². The minimum atomic E-state index is -0.130. The molecule has 0 unspecified atom stereocenters. The Hall–Kier alpha value is -2.57. The Labute approximate surface area is 90.5 Å². The Morgan fingerprint density at radius 1 is 1.38 bits per heavy atom. The molecule has 0 aliphatic carbocycles. The highest BCUT2D eigenvalue weighted by Gasteiger charge is 2.24. The lowest BCUT2D eigenvalue weighted by Crippen LogP contribution is -2.35. The number of hydrogen-bond donors (Lipinski definition) is 2. The lowest BCUT2D eigenvalue weighted by Gasteiger charge is -1.96. The van der Waals surface area contributed by atoms with Gasteiger partial charge < -0.3 is 16.8 Å². The summed E-state index contributed by atoms with van der Waals surface area (Å²) in [4.78, 5) is 0.175. The van der Waals surface area contributed by atoms with Gasteiger partial charge in [0, 0.05) is 10.7 Å². The van der Waals surface area contributed by atoms with Gasteiger partial charge in [-0.05, 0) is 4.90 Å². The molecule has 0 aliphatic heterocycles. The molecule has 0 saturated carbocycles. The van der Waals surface area contributed by atoms with Crippen LogP contribution in [0.25, 0.3) is 11.3 Å². The van der Waals surface area contributed by atoms with E-state index in [-0.39, 0.29) is 16.4 Å². The molecule has 1 aromatic heterocycles. The molecule has 16 heavy (non-hydrogen) atoms. The highest BCUT2D eigenvalue weighted by Crippen LogP contribution is 2.18. The van der Waals surface area contributed by atoms with Gasteiger partial charge in [0.15, 0.2) is 5.84 Å². The smallest absolute Gasteiger partial charge is 0.270 e. The summed E-state index contributed by atoms with van der Waals surface area (Å²) in [6.07, 6.45) is 0. The van der Waals surface area contributed by atoms with Gasteiger partial charge in [0.1, 0.15) is 0 Å². The molecule has 2 rings (SSSR count). The van der Waals surface area contributed by atoms with E-state index >= 15 is 0 Å². The molecule has 2 aromatic rings. The zero-order chi connectivity index (χ0) is 11.5. The van der Waals surface area contributed by atoms with E-state index in [0.29, 0.717) is 11.3 Å². The van der Waals surface area contributed by atoms with E-state index in [0.717, 1.165) is 0 Å². The van der Waals surface area contributed by atoms with Crippen LogP contribution in [-0.2, 0) is 0 Å². The van der Waals surface area contributed by atoms with Crippen LogP contribution in [0, 0.1) is 5.21 Å². The van der Waals surface area contributed by atoms with Crippen molar-refractivity contribution < 1.29 is 9.53 Å². The van der Waals surface area contributed by atoms with Gasteiger partial charge in [-0.1, -0.05) is 30.3 Å². The van der Waals surface area contributed by atoms with Crippen molar-refractivity contribution in [2.24, 2.45) is 16.7 Å². The lowest BCUT2D eigenvalue weighted by molar-refractivity contribution is -0.803. The van der Waals surface area contributed by atoms with Crippen molar-refractivity contribution in [3.05, 3.63) is 41.2 Å². The predicted octanol–water partition coefficient (Wildman–Crippen LogP) is -0.446. The van der Waals surface area contributed by atoms with Crippen LogP contribution in [0.1, 0.15) is 5.69 Å². The van der Waals surface area contributed by atoms with Crippen molar-refractivity contribution in [1.82, 2.24) is 5.16 Å². The summed E-state index contributed by atoms with van der Waals surface area (Å²) < 4.78 is 4.47. The average Bonchev–Trinajstić information content (AvgIpc) is 2.71. The van der Waals surface area contributed by atoms with E-state index < -0.39 is 0 Å². The van der Waals surface area contributed by atoms with Gasteiger partial charge in [0.25, 0.3) is 11.4 Å². The van der Waals surface area contributed by atoms with Crippen molar-refractivity contribution in [3.63, 3.8) is 0 Å². The molecule has 4 N–H and O–H groups in total. The molecule has 7 nitrogen and oxygen atoms in total. The molecule has 0 aliphatic rings. The van der Waals surface area contributed by atoms with Crippen LogP contribution in [0.5, 0.6) is 0 Å². The summed E-state index contributed by atoms with van der Waals surface area (Å²) in [5.41, 5.74) is 6.49. The van der Waals surface area contributed by atoms with E-state index in [1.54, 1.807) is 24.3 Å². The first kappa shape index (κ1) is 9.97. The van der Waals surface area contributed by atoms with Gasteiger partial charge >= 0.3 is 0 Å². The normalized spacial score (nSPS) is 11.6. The second-order valence-electron chi connectivity index (χ2n) is 3.01. The van der Waals surface area contributed by atoms with Crippen LogP contribution in [-0.4, -0.2) is 11.0 Å². The Balaban J connectivity index is 2.59. The largest absolute Gasteiger partial charge is 0.378 e. The molecule has 1 aromatic carbocycles. The zero-order valence-corrected chi connectivity index (χ0v) is 8.20. The van der Waals surface area contributed by atoms with E-state index in [9.17, 15) is 5.21 Å². The highest BCUT2D eigenvalue weighted by molar-refractivity contribution is 5.99. The van der Waals surface area contributed by atoms with Crippen molar-refractivity contribution in [2.45, 2.75) is 0 Å². The van der Waals surface area contributed by atoms with Gasteiger partial charge in [-0.15, -0.1) is 0 Å². The number of rotatable bonds is 2. The summed E-state index contributed by atoms with van der Waals surface area (Å²) >= 11 is 0. The highest BCUT2D eigenvalue weighted by atomic mass is 16.8. The standard InChI is InChI=1S/C9H9N5O2/c10-9(12-11)8-7(13-16-14(8)15)6-4-2-1-3-5-6/h1-5H,11H2,(H2,10,12). The van der Waals surface area contributed by atoms with Crippen molar-refractivity contribution >= 4 is 5.84 Å². The summed E-state index contributed by atoms with van der Waals surface area (Å²) in [5, 5.41) is 18.2. The van der Waals surface area contributed by atoms with E-state index in [2.05, 4.69) is 14.9 Å². The first-order valence-corrected chi connectivity index (χ1v) is 4.43. The molecule has 0 fully saturated rings. The summed E-state index contributed by atoms with van der Waals surface area (Å²) in [6, 6.07) is 8.99. The Morgan fingerprint density at radius 2 is 2.06 bits per heavy atom. The maximum atomic E-state index is 11.3. The van der Waals surface area contributed by atoms with Crippen LogP contribution < -0.4 is 16.5 Å². The first-order valence-electron chi connectivity index (χ1n) is 4.43. The molecule has 0 radical (unpaired) electrons. The lowest BCUT2D eigenvalue weighted by atomic mass is 10.1.